The minimum Gasteiger partial charge on any atom is -0.368 e. The Balaban J connectivity index is 2.18. The van der Waals surface area contributed by atoms with Gasteiger partial charge in [0.2, 0.25) is 0 Å². The minimum atomic E-state index is -0.655. The summed E-state index contributed by atoms with van der Waals surface area (Å²) in [4.78, 5) is 20.3. The molecule has 2 aromatic heterocycles. The zero-order valence-electron chi connectivity index (χ0n) is 12.1. The number of amides is 1. The number of thiazole rings is 1. The summed E-state index contributed by atoms with van der Waals surface area (Å²) in [5, 5.41) is 7.74. The Morgan fingerprint density at radius 2 is 2.24 bits per heavy atom. The molecule has 2 N–H and O–H groups in total. The zero-order valence-corrected chi connectivity index (χ0v) is 12.9. The molecule has 2 heterocycles. The largest absolute Gasteiger partial charge is 0.368 e. The van der Waals surface area contributed by atoms with Crippen LogP contribution in [0.15, 0.2) is 17.6 Å². The number of pyridine rings is 1. The van der Waals surface area contributed by atoms with Gasteiger partial charge in [-0.2, -0.15) is 0 Å². The summed E-state index contributed by atoms with van der Waals surface area (Å²) in [6.07, 6.45) is 1.40. The first-order chi connectivity index (χ1) is 10.0. The Morgan fingerprint density at radius 1 is 1.48 bits per heavy atom. The number of anilines is 2. The molecular formula is C14H17FN4OS. The van der Waals surface area contributed by atoms with E-state index in [2.05, 4.69) is 20.6 Å². The van der Waals surface area contributed by atoms with Crippen LogP contribution in [0.5, 0.6) is 0 Å². The van der Waals surface area contributed by atoms with Crippen LogP contribution in [0.1, 0.15) is 42.7 Å². The molecular weight excluding hydrogens is 291 g/mol. The van der Waals surface area contributed by atoms with Crippen molar-refractivity contribution >= 4 is 28.2 Å². The third-order valence-corrected chi connectivity index (χ3v) is 3.59. The molecule has 0 aliphatic rings. The topological polar surface area (TPSA) is 66.9 Å². The van der Waals surface area contributed by atoms with E-state index in [9.17, 15) is 9.18 Å². The summed E-state index contributed by atoms with van der Waals surface area (Å²) in [5.41, 5.74) is 0.848. The molecule has 0 bridgehead atoms. The van der Waals surface area contributed by atoms with E-state index in [-0.39, 0.29) is 17.3 Å². The van der Waals surface area contributed by atoms with Gasteiger partial charge in [0.15, 0.2) is 16.8 Å². The third kappa shape index (κ3) is 3.55. The van der Waals surface area contributed by atoms with Crippen LogP contribution in [-0.2, 0) is 0 Å². The number of carbonyl (C=O) groups is 1. The normalized spacial score (nSPS) is 10.7. The summed E-state index contributed by atoms with van der Waals surface area (Å²) in [6, 6.07) is 1.35. The molecule has 0 saturated carbocycles. The molecule has 0 aliphatic carbocycles. The summed E-state index contributed by atoms with van der Waals surface area (Å²) in [6.45, 7) is 6.40. The summed E-state index contributed by atoms with van der Waals surface area (Å²) >= 11 is 1.32. The van der Waals surface area contributed by atoms with E-state index in [1.165, 1.54) is 23.6 Å². The predicted molar refractivity (Wildman–Crippen MR) is 82.5 cm³/mol. The molecule has 2 rings (SSSR count). The highest BCUT2D eigenvalue weighted by Gasteiger charge is 2.17. The predicted octanol–water partition coefficient (Wildman–Crippen LogP) is 3.48. The van der Waals surface area contributed by atoms with Crippen LogP contribution in [0.3, 0.4) is 0 Å². The molecule has 112 valence electrons. The first-order valence-electron chi connectivity index (χ1n) is 6.68. The quantitative estimate of drug-likeness (QED) is 0.887. The average Bonchev–Trinajstić information content (AvgIpc) is 2.90. The summed E-state index contributed by atoms with van der Waals surface area (Å²) in [7, 11) is 0. The molecule has 1 amide bonds. The Hall–Kier alpha value is -2.02. The maximum atomic E-state index is 14.1. The number of aromatic nitrogens is 2. The molecule has 0 aromatic carbocycles. The van der Waals surface area contributed by atoms with Crippen molar-refractivity contribution in [2.45, 2.75) is 26.7 Å². The van der Waals surface area contributed by atoms with Gasteiger partial charge in [-0.25, -0.2) is 14.4 Å². The molecule has 0 atom stereocenters. The van der Waals surface area contributed by atoms with E-state index >= 15 is 0 Å². The van der Waals surface area contributed by atoms with Gasteiger partial charge in [0.25, 0.3) is 5.91 Å². The van der Waals surface area contributed by atoms with E-state index in [1.807, 2.05) is 26.2 Å². The van der Waals surface area contributed by atoms with Gasteiger partial charge in [0, 0.05) is 18.1 Å². The molecule has 0 spiro atoms. The zero-order chi connectivity index (χ0) is 15.4. The van der Waals surface area contributed by atoms with Gasteiger partial charge < -0.3 is 5.32 Å². The maximum Gasteiger partial charge on any atom is 0.260 e. The first-order valence-corrected chi connectivity index (χ1v) is 7.56. The van der Waals surface area contributed by atoms with Crippen LogP contribution >= 0.6 is 11.3 Å². The summed E-state index contributed by atoms with van der Waals surface area (Å²) < 4.78 is 14.1. The van der Waals surface area contributed by atoms with Crippen LogP contribution in [0.25, 0.3) is 0 Å². The highest BCUT2D eigenvalue weighted by Crippen LogP contribution is 2.23. The van der Waals surface area contributed by atoms with E-state index in [4.69, 9.17) is 0 Å². The highest BCUT2D eigenvalue weighted by molar-refractivity contribution is 7.14. The second-order valence-corrected chi connectivity index (χ2v) is 5.60. The SMILES string of the molecule is CCNc1nccc(C(=O)Nc2nc(C(C)C)cs2)c1F. The molecule has 0 unspecified atom stereocenters. The monoisotopic (exact) mass is 308 g/mol. The van der Waals surface area contributed by atoms with Crippen molar-refractivity contribution in [2.75, 3.05) is 17.2 Å². The number of halogens is 1. The van der Waals surface area contributed by atoms with Gasteiger partial charge in [0.1, 0.15) is 0 Å². The molecule has 21 heavy (non-hydrogen) atoms. The van der Waals surface area contributed by atoms with Crippen LogP contribution in [-0.4, -0.2) is 22.4 Å². The number of nitrogens with zero attached hydrogens (tertiary/aromatic N) is 2. The average molecular weight is 308 g/mol. The molecule has 0 fully saturated rings. The Kier molecular flexibility index (Phi) is 4.85. The molecule has 5 nitrogen and oxygen atoms in total. The van der Waals surface area contributed by atoms with Gasteiger partial charge in [0.05, 0.1) is 11.3 Å². The fourth-order valence-electron chi connectivity index (χ4n) is 1.68. The standard InChI is InChI=1S/C14H17FN4OS/c1-4-16-12-11(15)9(5-6-17-12)13(20)19-14-18-10(7-21-14)8(2)3/h5-8H,4H2,1-3H3,(H,16,17)(H,18,19,20). The lowest BCUT2D eigenvalue weighted by atomic mass is 10.2. The smallest absolute Gasteiger partial charge is 0.260 e. The van der Waals surface area contributed by atoms with E-state index in [1.54, 1.807) is 0 Å². The highest BCUT2D eigenvalue weighted by atomic mass is 32.1. The van der Waals surface area contributed by atoms with Crippen molar-refractivity contribution in [2.24, 2.45) is 0 Å². The Morgan fingerprint density at radius 3 is 2.86 bits per heavy atom. The number of carbonyl (C=O) groups excluding carboxylic acids is 1. The number of rotatable bonds is 5. The van der Waals surface area contributed by atoms with Gasteiger partial charge in [-0.1, -0.05) is 13.8 Å². The lowest BCUT2D eigenvalue weighted by molar-refractivity contribution is 0.102. The minimum absolute atomic E-state index is 0.0535. The molecule has 0 aliphatic heterocycles. The molecule has 0 saturated heterocycles. The van der Waals surface area contributed by atoms with Crippen LogP contribution < -0.4 is 10.6 Å². The van der Waals surface area contributed by atoms with E-state index < -0.39 is 11.7 Å². The number of hydrogen-bond donors (Lipinski definition) is 2. The Labute approximate surface area is 126 Å². The van der Waals surface area contributed by atoms with Crippen LogP contribution in [0.4, 0.5) is 15.3 Å². The second kappa shape index (κ2) is 6.62. The number of nitrogens with one attached hydrogen (secondary N) is 2. The van der Waals surface area contributed by atoms with Gasteiger partial charge in [-0.05, 0) is 18.9 Å². The van der Waals surface area contributed by atoms with Crippen molar-refractivity contribution in [1.82, 2.24) is 9.97 Å². The lowest BCUT2D eigenvalue weighted by Crippen LogP contribution is -2.15. The molecule has 7 heteroatoms. The second-order valence-electron chi connectivity index (χ2n) is 4.74. The van der Waals surface area contributed by atoms with Crippen molar-refractivity contribution in [3.05, 3.63) is 34.7 Å². The van der Waals surface area contributed by atoms with Gasteiger partial charge >= 0.3 is 0 Å². The van der Waals surface area contributed by atoms with Gasteiger partial charge in [-0.15, -0.1) is 11.3 Å². The number of hydrogen-bond acceptors (Lipinski definition) is 5. The molecule has 2 aromatic rings. The van der Waals surface area contributed by atoms with E-state index in [0.717, 1.165) is 5.69 Å². The lowest BCUT2D eigenvalue weighted by Gasteiger charge is -2.07. The van der Waals surface area contributed by atoms with Crippen LogP contribution in [0, 0.1) is 5.82 Å². The van der Waals surface area contributed by atoms with Crippen molar-refractivity contribution in [3.63, 3.8) is 0 Å². The van der Waals surface area contributed by atoms with Crippen molar-refractivity contribution < 1.29 is 9.18 Å². The summed E-state index contributed by atoms with van der Waals surface area (Å²) in [5.74, 6) is -0.826. The van der Waals surface area contributed by atoms with E-state index in [0.29, 0.717) is 11.7 Å². The Bertz CT molecular complexity index is 642. The fourth-order valence-corrected chi connectivity index (χ4v) is 2.55. The maximum absolute atomic E-state index is 14.1. The van der Waals surface area contributed by atoms with Crippen molar-refractivity contribution in [1.29, 1.82) is 0 Å². The van der Waals surface area contributed by atoms with Gasteiger partial charge in [-0.3, -0.25) is 10.1 Å². The third-order valence-electron chi connectivity index (χ3n) is 2.81. The van der Waals surface area contributed by atoms with Crippen LogP contribution in [0.2, 0.25) is 0 Å². The van der Waals surface area contributed by atoms with Crippen molar-refractivity contribution in [3.8, 4) is 0 Å². The first kappa shape index (κ1) is 15.4. The fraction of sp³-hybridized carbons (Fsp3) is 0.357. The molecule has 0 radical (unpaired) electrons.